The van der Waals surface area contributed by atoms with Gasteiger partial charge in [0.05, 0.1) is 0 Å². The van der Waals surface area contributed by atoms with Crippen LogP contribution in [-0.4, -0.2) is 24.9 Å². The molecule has 0 aliphatic rings. The third kappa shape index (κ3) is 4.80. The van der Waals surface area contributed by atoms with Crippen molar-refractivity contribution in [2.75, 3.05) is 0 Å². The zero-order chi connectivity index (χ0) is 31.2. The van der Waals surface area contributed by atoms with Gasteiger partial charge in [-0.3, -0.25) is 0 Å². The van der Waals surface area contributed by atoms with Gasteiger partial charge in [-0.2, -0.15) is 0 Å². The van der Waals surface area contributed by atoms with Gasteiger partial charge in [-0.05, 0) is 52.2 Å². The summed E-state index contributed by atoms with van der Waals surface area (Å²) in [4.78, 5) is 24.5. The summed E-state index contributed by atoms with van der Waals surface area (Å²) in [5, 5.41) is 3.04. The first-order valence-corrected chi connectivity index (χ1v) is 15.4. The number of fused-ring (bicyclic) bond motifs is 4. The van der Waals surface area contributed by atoms with Crippen LogP contribution in [0.4, 0.5) is 0 Å². The summed E-state index contributed by atoms with van der Waals surface area (Å²) in [5.74, 6) is 1.77. The number of furan rings is 1. The number of hydrogen-bond donors (Lipinski definition) is 0. The third-order valence-electron chi connectivity index (χ3n) is 8.43. The summed E-state index contributed by atoms with van der Waals surface area (Å²) in [6.45, 7) is 0. The first-order chi connectivity index (χ1) is 23.3. The minimum Gasteiger partial charge on any atom is -0.452 e. The fourth-order valence-electron chi connectivity index (χ4n) is 6.17. The van der Waals surface area contributed by atoms with Gasteiger partial charge in [-0.25, -0.2) is 24.9 Å². The van der Waals surface area contributed by atoms with E-state index in [1.54, 1.807) is 6.33 Å². The van der Waals surface area contributed by atoms with Gasteiger partial charge >= 0.3 is 0 Å². The Morgan fingerprint density at radius 3 is 1.85 bits per heavy atom. The normalized spacial score (nSPS) is 11.4. The lowest BCUT2D eigenvalue weighted by Gasteiger charge is -2.12. The maximum absolute atomic E-state index is 6.37. The molecule has 0 aliphatic carbocycles. The minimum atomic E-state index is 0.570. The van der Waals surface area contributed by atoms with Crippen molar-refractivity contribution in [2.24, 2.45) is 0 Å². The molecule has 0 amide bonds. The average Bonchev–Trinajstić information content (AvgIpc) is 3.54. The van der Waals surface area contributed by atoms with E-state index in [0.29, 0.717) is 23.1 Å². The second-order valence-corrected chi connectivity index (χ2v) is 11.4. The van der Waals surface area contributed by atoms with Gasteiger partial charge in [0, 0.05) is 27.6 Å². The van der Waals surface area contributed by atoms with Crippen molar-refractivity contribution in [1.82, 2.24) is 24.9 Å². The van der Waals surface area contributed by atoms with E-state index in [-0.39, 0.29) is 0 Å². The molecule has 0 fully saturated rings. The topological polar surface area (TPSA) is 77.6 Å². The van der Waals surface area contributed by atoms with Gasteiger partial charge in [0.2, 0.25) is 0 Å². The van der Waals surface area contributed by atoms with Crippen LogP contribution in [-0.2, 0) is 0 Å². The molecule has 6 heteroatoms. The largest absolute Gasteiger partial charge is 0.452 e. The molecule has 220 valence electrons. The number of rotatable bonds is 5. The Hall–Kier alpha value is -6.53. The van der Waals surface area contributed by atoms with Crippen molar-refractivity contribution in [3.8, 4) is 56.5 Å². The second kappa shape index (κ2) is 11.1. The SMILES string of the molecule is c1ccc(-c2cccc(-c3nc(-c4ccccc4)nc(-c4cc(-c5ncnc6c5oc5ccccc56)c5ccccc5c4)n3)c2)cc1. The highest BCUT2D eigenvalue weighted by Gasteiger charge is 2.19. The number of para-hydroxylation sites is 1. The Kier molecular flexibility index (Phi) is 6.35. The van der Waals surface area contributed by atoms with Crippen LogP contribution < -0.4 is 0 Å². The van der Waals surface area contributed by atoms with Crippen molar-refractivity contribution >= 4 is 32.8 Å². The van der Waals surface area contributed by atoms with Crippen molar-refractivity contribution < 1.29 is 4.42 Å². The van der Waals surface area contributed by atoms with E-state index in [9.17, 15) is 0 Å². The van der Waals surface area contributed by atoms with Crippen LogP contribution in [0, 0.1) is 0 Å². The lowest BCUT2D eigenvalue weighted by Crippen LogP contribution is -2.01. The number of aromatic nitrogens is 5. The van der Waals surface area contributed by atoms with Crippen LogP contribution in [0.25, 0.3) is 89.4 Å². The molecular weight excluding hydrogens is 578 g/mol. The Bertz CT molecular complexity index is 2580. The Balaban J connectivity index is 1.27. The zero-order valence-electron chi connectivity index (χ0n) is 25.1. The molecule has 0 aliphatic heterocycles. The minimum absolute atomic E-state index is 0.570. The molecule has 9 rings (SSSR count). The van der Waals surface area contributed by atoms with Crippen molar-refractivity contribution in [3.63, 3.8) is 0 Å². The standard InChI is InChI=1S/C41H25N5O/c1-3-12-26(13-4-1)28-17-11-18-30(22-28)40-44-39(27-14-5-2-6-15-27)45-41(46-40)31-23-29-16-7-8-19-32(29)34(24-31)37-38-36(42-25-43-37)33-20-9-10-21-35(33)47-38/h1-25H. The summed E-state index contributed by atoms with van der Waals surface area (Å²) >= 11 is 0. The van der Waals surface area contributed by atoms with Gasteiger partial charge in [0.1, 0.15) is 23.1 Å². The Morgan fingerprint density at radius 2 is 1.04 bits per heavy atom. The number of nitrogens with zero attached hydrogens (tertiary/aromatic N) is 5. The molecule has 6 nitrogen and oxygen atoms in total. The highest BCUT2D eigenvalue weighted by Crippen LogP contribution is 2.38. The van der Waals surface area contributed by atoms with Crippen LogP contribution >= 0.6 is 0 Å². The molecule has 47 heavy (non-hydrogen) atoms. The molecule has 0 atom stereocenters. The van der Waals surface area contributed by atoms with Crippen molar-refractivity contribution in [1.29, 1.82) is 0 Å². The van der Waals surface area contributed by atoms with Crippen LogP contribution in [0.1, 0.15) is 0 Å². The molecule has 0 radical (unpaired) electrons. The van der Waals surface area contributed by atoms with E-state index in [4.69, 9.17) is 24.4 Å². The Morgan fingerprint density at radius 1 is 0.426 bits per heavy atom. The van der Waals surface area contributed by atoms with Crippen LogP contribution in [0.3, 0.4) is 0 Å². The summed E-state index contributed by atoms with van der Waals surface area (Å²) in [5.41, 5.74) is 8.74. The third-order valence-corrected chi connectivity index (χ3v) is 8.43. The Labute approximate surface area is 270 Å². The predicted octanol–water partition coefficient (Wildman–Crippen LogP) is 10.0. The van der Waals surface area contributed by atoms with E-state index < -0.39 is 0 Å². The maximum atomic E-state index is 6.37. The van der Waals surface area contributed by atoms with Gasteiger partial charge in [-0.1, -0.05) is 115 Å². The van der Waals surface area contributed by atoms with E-state index in [1.165, 1.54) is 0 Å². The van der Waals surface area contributed by atoms with E-state index in [0.717, 1.165) is 66.3 Å². The monoisotopic (exact) mass is 603 g/mol. The fraction of sp³-hybridized carbons (Fsp3) is 0. The van der Waals surface area contributed by atoms with Crippen LogP contribution in [0.5, 0.6) is 0 Å². The van der Waals surface area contributed by atoms with Gasteiger partial charge < -0.3 is 4.42 Å². The van der Waals surface area contributed by atoms with Crippen molar-refractivity contribution in [3.05, 3.63) is 152 Å². The molecule has 0 bridgehead atoms. The molecule has 3 heterocycles. The molecule has 3 aromatic heterocycles. The lowest BCUT2D eigenvalue weighted by molar-refractivity contribution is 0.667. The number of benzene rings is 6. The van der Waals surface area contributed by atoms with Crippen LogP contribution in [0.2, 0.25) is 0 Å². The van der Waals surface area contributed by atoms with Crippen LogP contribution in [0.15, 0.2) is 156 Å². The first kappa shape index (κ1) is 26.8. The molecule has 6 aromatic carbocycles. The summed E-state index contributed by atoms with van der Waals surface area (Å²) in [7, 11) is 0. The lowest BCUT2D eigenvalue weighted by atomic mass is 9.97. The smallest absolute Gasteiger partial charge is 0.180 e. The molecule has 0 unspecified atom stereocenters. The molecule has 0 N–H and O–H groups in total. The molecule has 0 saturated carbocycles. The first-order valence-electron chi connectivity index (χ1n) is 15.4. The molecule has 0 saturated heterocycles. The van der Waals surface area contributed by atoms with Gasteiger partial charge in [-0.15, -0.1) is 0 Å². The summed E-state index contributed by atoms with van der Waals surface area (Å²) < 4.78 is 6.37. The second-order valence-electron chi connectivity index (χ2n) is 11.4. The highest BCUT2D eigenvalue weighted by molar-refractivity contribution is 6.10. The quantitative estimate of drug-likeness (QED) is 0.195. The molecule has 0 spiro atoms. The predicted molar refractivity (Wildman–Crippen MR) is 187 cm³/mol. The van der Waals surface area contributed by atoms with Gasteiger partial charge in [0.15, 0.2) is 23.1 Å². The highest BCUT2D eigenvalue weighted by atomic mass is 16.3. The van der Waals surface area contributed by atoms with E-state index >= 15 is 0 Å². The average molecular weight is 604 g/mol. The van der Waals surface area contributed by atoms with Gasteiger partial charge in [0.25, 0.3) is 0 Å². The molecular formula is C41H25N5O. The summed E-state index contributed by atoms with van der Waals surface area (Å²) in [6.07, 6.45) is 1.61. The summed E-state index contributed by atoms with van der Waals surface area (Å²) in [6, 6.07) is 49.1. The van der Waals surface area contributed by atoms with Crippen molar-refractivity contribution in [2.45, 2.75) is 0 Å². The van der Waals surface area contributed by atoms with E-state index in [1.807, 2.05) is 97.1 Å². The fourth-order valence-corrected chi connectivity index (χ4v) is 6.17. The molecule has 9 aromatic rings. The zero-order valence-corrected chi connectivity index (χ0v) is 25.1. The van der Waals surface area contributed by atoms with E-state index in [2.05, 4.69) is 53.5 Å². The maximum Gasteiger partial charge on any atom is 0.180 e. The number of hydrogen-bond acceptors (Lipinski definition) is 6.